The second kappa shape index (κ2) is 6.54. The Balaban J connectivity index is 2.20. The van der Waals surface area contributed by atoms with Gasteiger partial charge in [0.1, 0.15) is 0 Å². The van der Waals surface area contributed by atoms with Crippen molar-refractivity contribution in [1.29, 1.82) is 0 Å². The molecule has 1 aliphatic rings. The summed E-state index contributed by atoms with van der Waals surface area (Å²) in [5.74, 6) is 0.828. The molecule has 11 heavy (non-hydrogen) atoms. The molecule has 1 saturated heterocycles. The monoisotopic (exact) mass is 262 g/mol. The van der Waals surface area contributed by atoms with Gasteiger partial charge in [-0.05, 0) is 51.6 Å². The largest absolute Gasteiger partial charge is 0.0728 e. The summed E-state index contributed by atoms with van der Waals surface area (Å²) in [6.07, 6.45) is 1.33. The topological polar surface area (TPSA) is 0 Å². The van der Waals surface area contributed by atoms with E-state index in [1.165, 1.54) is 6.42 Å². The van der Waals surface area contributed by atoms with Crippen molar-refractivity contribution >= 4 is 60.9 Å². The molecule has 0 radical (unpaired) electrons. The SMILES string of the molecule is CC(C)CC1SSSSSS1. The molecule has 0 unspecified atom stereocenters. The van der Waals surface area contributed by atoms with E-state index >= 15 is 0 Å². The van der Waals surface area contributed by atoms with Gasteiger partial charge in [0.05, 0.1) is 4.58 Å². The van der Waals surface area contributed by atoms with E-state index in [1.807, 2.05) is 60.9 Å². The number of hydrogen-bond donors (Lipinski definition) is 0. The zero-order chi connectivity index (χ0) is 8.10. The molecule has 0 aromatic heterocycles. The van der Waals surface area contributed by atoms with Crippen LogP contribution in [0.3, 0.4) is 0 Å². The highest BCUT2D eigenvalue weighted by atomic mass is 33.9. The summed E-state index contributed by atoms with van der Waals surface area (Å²) in [6.45, 7) is 4.59. The number of rotatable bonds is 2. The van der Waals surface area contributed by atoms with E-state index in [1.54, 1.807) is 0 Å². The van der Waals surface area contributed by atoms with Crippen molar-refractivity contribution in [3.05, 3.63) is 0 Å². The molecule has 1 heterocycles. The van der Waals surface area contributed by atoms with E-state index in [2.05, 4.69) is 13.8 Å². The van der Waals surface area contributed by atoms with Crippen molar-refractivity contribution in [3.8, 4) is 0 Å². The highest BCUT2D eigenvalue weighted by Gasteiger charge is 2.16. The van der Waals surface area contributed by atoms with Crippen LogP contribution >= 0.6 is 60.9 Å². The molecular weight excluding hydrogens is 252 g/mol. The van der Waals surface area contributed by atoms with Crippen molar-refractivity contribution in [2.75, 3.05) is 0 Å². The Morgan fingerprint density at radius 3 is 2.00 bits per heavy atom. The molecule has 0 bridgehead atoms. The molecule has 0 aliphatic carbocycles. The molecule has 0 spiro atoms. The van der Waals surface area contributed by atoms with Crippen molar-refractivity contribution < 1.29 is 0 Å². The fourth-order valence-corrected chi connectivity index (χ4v) is 15.4. The standard InChI is InChI=1S/C5H10S6/c1-4(2)3-5-6-8-10-11-9-7-5/h4-5H,3H2,1-2H3. The lowest BCUT2D eigenvalue weighted by Crippen LogP contribution is -1.98. The average Bonchev–Trinajstić information content (AvgIpc) is 2.14. The minimum Gasteiger partial charge on any atom is -0.0663 e. The smallest absolute Gasteiger partial charge is 0.0663 e. The minimum atomic E-state index is 0.785. The van der Waals surface area contributed by atoms with Crippen molar-refractivity contribution in [2.24, 2.45) is 5.92 Å². The summed E-state index contributed by atoms with van der Waals surface area (Å²) in [5.41, 5.74) is 0. The third kappa shape index (κ3) is 5.41. The predicted molar refractivity (Wildman–Crippen MR) is 68.8 cm³/mol. The van der Waals surface area contributed by atoms with Gasteiger partial charge >= 0.3 is 0 Å². The van der Waals surface area contributed by atoms with E-state index in [-0.39, 0.29) is 0 Å². The van der Waals surface area contributed by atoms with Crippen molar-refractivity contribution in [3.63, 3.8) is 0 Å². The van der Waals surface area contributed by atoms with Crippen molar-refractivity contribution in [1.82, 2.24) is 0 Å². The molecule has 6 heteroatoms. The van der Waals surface area contributed by atoms with E-state index in [9.17, 15) is 0 Å². The lowest BCUT2D eigenvalue weighted by molar-refractivity contribution is 0.621. The van der Waals surface area contributed by atoms with Gasteiger partial charge in [0.2, 0.25) is 0 Å². The normalized spacial score (nSPS) is 22.1. The molecule has 1 rings (SSSR count). The van der Waals surface area contributed by atoms with Crippen LogP contribution in [0.1, 0.15) is 20.3 Å². The van der Waals surface area contributed by atoms with Crippen LogP contribution in [0.5, 0.6) is 0 Å². The quantitative estimate of drug-likeness (QED) is 0.611. The van der Waals surface area contributed by atoms with Gasteiger partial charge in [0, 0.05) is 0 Å². The average molecular weight is 263 g/mol. The fourth-order valence-electron chi connectivity index (χ4n) is 0.622. The maximum Gasteiger partial charge on any atom is 0.0728 e. The van der Waals surface area contributed by atoms with Crippen LogP contribution in [0.4, 0.5) is 0 Å². The Labute approximate surface area is 90.9 Å². The summed E-state index contributed by atoms with van der Waals surface area (Å²) in [7, 11) is 11.6. The first-order valence-corrected chi connectivity index (χ1v) is 10.9. The third-order valence-electron chi connectivity index (χ3n) is 1.04. The first-order valence-electron chi connectivity index (χ1n) is 3.28. The maximum atomic E-state index is 2.29. The highest BCUT2D eigenvalue weighted by molar-refractivity contribution is 9.43. The molecule has 1 aliphatic heterocycles. The Morgan fingerprint density at radius 1 is 1.00 bits per heavy atom. The fraction of sp³-hybridized carbons (Fsp3) is 1.00. The van der Waals surface area contributed by atoms with Crippen LogP contribution in [0.2, 0.25) is 0 Å². The van der Waals surface area contributed by atoms with Crippen LogP contribution in [0.25, 0.3) is 0 Å². The Morgan fingerprint density at radius 2 is 1.55 bits per heavy atom. The van der Waals surface area contributed by atoms with Crippen LogP contribution < -0.4 is 0 Å². The maximum absolute atomic E-state index is 2.29. The van der Waals surface area contributed by atoms with Crippen LogP contribution in [-0.2, 0) is 0 Å². The van der Waals surface area contributed by atoms with Gasteiger partial charge < -0.3 is 0 Å². The van der Waals surface area contributed by atoms with Crippen molar-refractivity contribution in [2.45, 2.75) is 24.9 Å². The lowest BCUT2D eigenvalue weighted by atomic mass is 10.2. The summed E-state index contributed by atoms with van der Waals surface area (Å²) in [5, 5.41) is 0. The first kappa shape index (κ1) is 11.2. The molecular formula is C5H10S6. The Kier molecular flexibility index (Phi) is 6.64. The van der Waals surface area contributed by atoms with Gasteiger partial charge in [-0.2, -0.15) is 0 Å². The molecule has 0 atom stereocenters. The van der Waals surface area contributed by atoms with E-state index in [4.69, 9.17) is 0 Å². The molecule has 66 valence electrons. The predicted octanol–water partition coefficient (Wildman–Crippen LogP) is 5.35. The van der Waals surface area contributed by atoms with Gasteiger partial charge in [-0.25, -0.2) is 0 Å². The van der Waals surface area contributed by atoms with Gasteiger partial charge in [0.25, 0.3) is 0 Å². The first-order chi connectivity index (χ1) is 5.29. The second-order valence-corrected chi connectivity index (χ2v) is 12.6. The van der Waals surface area contributed by atoms with Crippen LogP contribution in [0, 0.1) is 5.92 Å². The molecule has 0 nitrogen and oxygen atoms in total. The second-order valence-electron chi connectivity index (χ2n) is 2.52. The zero-order valence-corrected chi connectivity index (χ0v) is 11.2. The lowest BCUT2D eigenvalue weighted by Gasteiger charge is -2.12. The summed E-state index contributed by atoms with van der Waals surface area (Å²) in [6, 6.07) is 0. The number of hydrogen-bond acceptors (Lipinski definition) is 6. The highest BCUT2D eigenvalue weighted by Crippen LogP contribution is 2.61. The Hall–Kier alpha value is 2.10. The third-order valence-corrected chi connectivity index (χ3v) is 13.3. The molecule has 0 N–H and O–H groups in total. The molecule has 0 aromatic rings. The molecule has 0 aromatic carbocycles. The Bertz CT molecular complexity index is 97.1. The molecule has 1 fully saturated rings. The molecule has 0 saturated carbocycles. The van der Waals surface area contributed by atoms with Crippen LogP contribution in [-0.4, -0.2) is 4.58 Å². The molecule has 0 amide bonds. The van der Waals surface area contributed by atoms with Gasteiger partial charge in [-0.15, -0.1) is 0 Å². The summed E-state index contributed by atoms with van der Waals surface area (Å²) >= 11 is 0. The minimum absolute atomic E-state index is 0.785. The van der Waals surface area contributed by atoms with Crippen LogP contribution in [0.15, 0.2) is 0 Å². The van der Waals surface area contributed by atoms with E-state index < -0.39 is 0 Å². The van der Waals surface area contributed by atoms with Gasteiger partial charge in [0.15, 0.2) is 0 Å². The van der Waals surface area contributed by atoms with Gasteiger partial charge in [-0.3, -0.25) is 0 Å². The van der Waals surface area contributed by atoms with E-state index in [0.717, 1.165) is 10.5 Å². The van der Waals surface area contributed by atoms with E-state index in [0.29, 0.717) is 0 Å². The summed E-state index contributed by atoms with van der Waals surface area (Å²) < 4.78 is 0.785. The summed E-state index contributed by atoms with van der Waals surface area (Å²) in [4.78, 5) is 0. The van der Waals surface area contributed by atoms with Gasteiger partial charge in [-0.1, -0.05) is 35.4 Å². The zero-order valence-electron chi connectivity index (χ0n) is 6.31.